The van der Waals surface area contributed by atoms with Crippen molar-refractivity contribution in [1.82, 2.24) is 10.2 Å². The van der Waals surface area contributed by atoms with Crippen molar-refractivity contribution in [3.05, 3.63) is 65.5 Å². The van der Waals surface area contributed by atoms with Crippen LogP contribution in [0.3, 0.4) is 0 Å². The van der Waals surface area contributed by atoms with Crippen molar-refractivity contribution in [3.63, 3.8) is 0 Å². The third-order valence-electron chi connectivity index (χ3n) is 3.05. The van der Waals surface area contributed by atoms with Gasteiger partial charge in [-0.25, -0.2) is 9.18 Å². The first kappa shape index (κ1) is 16.0. The lowest BCUT2D eigenvalue weighted by molar-refractivity contribution is 0.251. The molecular weight excluding hydrogens is 281 g/mol. The Hall–Kier alpha value is -2.40. The largest absolute Gasteiger partial charge is 0.334 e. The van der Waals surface area contributed by atoms with E-state index in [2.05, 4.69) is 27.7 Å². The van der Waals surface area contributed by atoms with Crippen molar-refractivity contribution < 1.29 is 9.18 Å². The number of benzene rings is 2. The fraction of sp³-hybridized carbons (Fsp3) is 0.235. The van der Waals surface area contributed by atoms with Gasteiger partial charge < -0.3 is 15.5 Å². The summed E-state index contributed by atoms with van der Waals surface area (Å²) in [6, 6.07) is 13.4. The highest BCUT2D eigenvalue weighted by Crippen LogP contribution is 2.09. The first-order chi connectivity index (χ1) is 10.5. The van der Waals surface area contributed by atoms with Crippen molar-refractivity contribution in [2.24, 2.45) is 0 Å². The molecule has 5 heteroatoms. The second-order valence-corrected chi connectivity index (χ2v) is 5.37. The van der Waals surface area contributed by atoms with Gasteiger partial charge in [0, 0.05) is 18.8 Å². The minimum absolute atomic E-state index is 0.315. The molecule has 0 unspecified atom stereocenters. The molecule has 116 valence electrons. The van der Waals surface area contributed by atoms with Gasteiger partial charge in [0.2, 0.25) is 0 Å². The molecule has 2 aromatic carbocycles. The molecule has 0 aromatic heterocycles. The van der Waals surface area contributed by atoms with Crippen LogP contribution in [-0.2, 0) is 13.1 Å². The van der Waals surface area contributed by atoms with Crippen LogP contribution in [0, 0.1) is 5.82 Å². The van der Waals surface area contributed by atoms with E-state index < -0.39 is 0 Å². The van der Waals surface area contributed by atoms with E-state index in [0.717, 1.165) is 12.1 Å². The van der Waals surface area contributed by atoms with Crippen LogP contribution in [0.2, 0.25) is 0 Å². The normalized spacial score (nSPS) is 10.5. The number of anilines is 1. The Morgan fingerprint density at radius 3 is 2.45 bits per heavy atom. The Bertz CT molecular complexity index is 626. The third-order valence-corrected chi connectivity index (χ3v) is 3.05. The summed E-state index contributed by atoms with van der Waals surface area (Å²) >= 11 is 0. The fourth-order valence-electron chi connectivity index (χ4n) is 2.09. The SMILES string of the molecule is CN(C)Cc1cccc(CNC(=O)Nc2ccc(F)cc2)c1. The van der Waals surface area contributed by atoms with Gasteiger partial charge in [-0.3, -0.25) is 0 Å². The second kappa shape index (κ2) is 7.56. The number of carbonyl (C=O) groups is 1. The van der Waals surface area contributed by atoms with E-state index in [9.17, 15) is 9.18 Å². The van der Waals surface area contributed by atoms with E-state index >= 15 is 0 Å². The summed E-state index contributed by atoms with van der Waals surface area (Å²) in [5.41, 5.74) is 2.79. The molecular formula is C17H20FN3O. The van der Waals surface area contributed by atoms with Gasteiger partial charge >= 0.3 is 6.03 Å². The molecule has 0 bridgehead atoms. The van der Waals surface area contributed by atoms with Crippen molar-refractivity contribution in [3.8, 4) is 0 Å². The Morgan fingerprint density at radius 1 is 1.09 bits per heavy atom. The van der Waals surface area contributed by atoms with E-state index in [-0.39, 0.29) is 11.8 Å². The number of nitrogens with zero attached hydrogens (tertiary/aromatic N) is 1. The van der Waals surface area contributed by atoms with Crippen LogP contribution in [0.25, 0.3) is 0 Å². The third kappa shape index (κ3) is 5.18. The average molecular weight is 301 g/mol. The van der Waals surface area contributed by atoms with E-state index in [1.165, 1.54) is 29.8 Å². The van der Waals surface area contributed by atoms with Crippen LogP contribution >= 0.6 is 0 Å². The van der Waals surface area contributed by atoms with Gasteiger partial charge in [-0.05, 0) is 49.5 Å². The molecule has 4 nitrogen and oxygen atoms in total. The molecule has 2 aromatic rings. The van der Waals surface area contributed by atoms with Gasteiger partial charge in [0.1, 0.15) is 5.82 Å². The van der Waals surface area contributed by atoms with Crippen LogP contribution in [-0.4, -0.2) is 25.0 Å². The number of rotatable bonds is 5. The molecule has 0 atom stereocenters. The summed E-state index contributed by atoms with van der Waals surface area (Å²) in [6.07, 6.45) is 0. The van der Waals surface area contributed by atoms with Gasteiger partial charge in [-0.1, -0.05) is 24.3 Å². The molecule has 2 N–H and O–H groups in total. The van der Waals surface area contributed by atoms with Crippen LogP contribution < -0.4 is 10.6 Å². The van der Waals surface area contributed by atoms with Gasteiger partial charge in [0.05, 0.1) is 0 Å². The Labute approximate surface area is 129 Å². The van der Waals surface area contributed by atoms with Crippen LogP contribution in [0.1, 0.15) is 11.1 Å². The number of amides is 2. The minimum Gasteiger partial charge on any atom is -0.334 e. The molecule has 0 saturated carbocycles. The fourth-order valence-corrected chi connectivity index (χ4v) is 2.09. The summed E-state index contributed by atoms with van der Waals surface area (Å²) in [5, 5.41) is 5.45. The zero-order valence-electron chi connectivity index (χ0n) is 12.8. The molecule has 0 spiro atoms. The van der Waals surface area contributed by atoms with Crippen molar-refractivity contribution in [1.29, 1.82) is 0 Å². The second-order valence-electron chi connectivity index (χ2n) is 5.37. The topological polar surface area (TPSA) is 44.4 Å². The van der Waals surface area contributed by atoms with Gasteiger partial charge in [-0.15, -0.1) is 0 Å². The monoisotopic (exact) mass is 301 g/mol. The summed E-state index contributed by atoms with van der Waals surface area (Å²) < 4.78 is 12.8. The molecule has 0 saturated heterocycles. The highest BCUT2D eigenvalue weighted by molar-refractivity contribution is 5.89. The highest BCUT2D eigenvalue weighted by Gasteiger charge is 2.03. The lowest BCUT2D eigenvalue weighted by atomic mass is 10.1. The maximum absolute atomic E-state index is 12.8. The van der Waals surface area contributed by atoms with Crippen LogP contribution in [0.15, 0.2) is 48.5 Å². The predicted molar refractivity (Wildman–Crippen MR) is 86.1 cm³/mol. The first-order valence-electron chi connectivity index (χ1n) is 7.06. The quantitative estimate of drug-likeness (QED) is 0.890. The lowest BCUT2D eigenvalue weighted by Crippen LogP contribution is -2.28. The number of urea groups is 1. The lowest BCUT2D eigenvalue weighted by Gasteiger charge is -2.11. The maximum Gasteiger partial charge on any atom is 0.319 e. The van der Waals surface area contributed by atoms with Crippen LogP contribution in [0.5, 0.6) is 0 Å². The van der Waals surface area contributed by atoms with Gasteiger partial charge in [0.25, 0.3) is 0 Å². The maximum atomic E-state index is 12.8. The van der Waals surface area contributed by atoms with Gasteiger partial charge in [0.15, 0.2) is 0 Å². The molecule has 0 fully saturated rings. The molecule has 0 aliphatic carbocycles. The molecule has 0 radical (unpaired) electrons. The van der Waals surface area contributed by atoms with E-state index in [1.807, 2.05) is 26.2 Å². The van der Waals surface area contributed by atoms with Crippen LogP contribution in [0.4, 0.5) is 14.9 Å². The first-order valence-corrected chi connectivity index (χ1v) is 7.06. The highest BCUT2D eigenvalue weighted by atomic mass is 19.1. The zero-order chi connectivity index (χ0) is 15.9. The predicted octanol–water partition coefficient (Wildman–Crippen LogP) is 3.21. The van der Waals surface area contributed by atoms with E-state index in [0.29, 0.717) is 12.2 Å². The molecule has 2 rings (SSSR count). The smallest absolute Gasteiger partial charge is 0.319 e. The molecule has 0 aliphatic rings. The molecule has 22 heavy (non-hydrogen) atoms. The Kier molecular flexibility index (Phi) is 5.49. The zero-order valence-corrected chi connectivity index (χ0v) is 12.8. The summed E-state index contributed by atoms with van der Waals surface area (Å²) in [5.74, 6) is -0.330. The molecule has 0 heterocycles. The molecule has 0 aliphatic heterocycles. The van der Waals surface area contributed by atoms with Crippen molar-refractivity contribution >= 4 is 11.7 Å². The number of hydrogen-bond acceptors (Lipinski definition) is 2. The Balaban J connectivity index is 1.86. The summed E-state index contributed by atoms with van der Waals surface area (Å²) in [6.45, 7) is 1.30. The van der Waals surface area contributed by atoms with E-state index in [4.69, 9.17) is 0 Å². The van der Waals surface area contributed by atoms with Crippen molar-refractivity contribution in [2.45, 2.75) is 13.1 Å². The number of nitrogens with one attached hydrogen (secondary N) is 2. The molecule has 2 amide bonds. The van der Waals surface area contributed by atoms with Gasteiger partial charge in [-0.2, -0.15) is 0 Å². The summed E-state index contributed by atoms with van der Waals surface area (Å²) in [7, 11) is 4.03. The van der Waals surface area contributed by atoms with E-state index in [1.54, 1.807) is 0 Å². The summed E-state index contributed by atoms with van der Waals surface area (Å²) in [4.78, 5) is 13.9. The number of carbonyl (C=O) groups excluding carboxylic acids is 1. The van der Waals surface area contributed by atoms with Crippen molar-refractivity contribution in [2.75, 3.05) is 19.4 Å². The standard InChI is InChI=1S/C17H20FN3O/c1-21(2)12-14-5-3-4-13(10-14)11-19-17(22)20-16-8-6-15(18)7-9-16/h3-10H,11-12H2,1-2H3,(H2,19,20,22). The number of hydrogen-bond donors (Lipinski definition) is 2. The minimum atomic E-state index is -0.330. The number of halogens is 1. The average Bonchev–Trinajstić information content (AvgIpc) is 2.47. The Morgan fingerprint density at radius 2 is 1.77 bits per heavy atom.